The molecule has 0 aliphatic carbocycles. The van der Waals surface area contributed by atoms with E-state index in [-0.39, 0.29) is 6.61 Å². The smallest absolute Gasteiger partial charge is 0.224 e. The van der Waals surface area contributed by atoms with Gasteiger partial charge in [0.05, 0.1) is 6.61 Å². The molecule has 0 amide bonds. The van der Waals surface area contributed by atoms with Crippen LogP contribution in [0.25, 0.3) is 0 Å². The molecule has 1 rings (SSSR count). The highest BCUT2D eigenvalue weighted by atomic mass is 16.3. The van der Waals surface area contributed by atoms with E-state index in [4.69, 9.17) is 5.11 Å². The highest BCUT2D eigenvalue weighted by Crippen LogP contribution is 2.19. The lowest BCUT2D eigenvalue weighted by Crippen LogP contribution is -2.35. The number of anilines is 2. The lowest BCUT2D eigenvalue weighted by Gasteiger charge is -2.28. The highest BCUT2D eigenvalue weighted by molar-refractivity contribution is 5.49. The summed E-state index contributed by atoms with van der Waals surface area (Å²) in [5, 5.41) is 12.2. The summed E-state index contributed by atoms with van der Waals surface area (Å²) in [6.07, 6.45) is 1.81. The molecule has 0 unspecified atom stereocenters. The molecule has 2 N–H and O–H groups in total. The van der Waals surface area contributed by atoms with Gasteiger partial charge in [-0.3, -0.25) is 0 Å². The van der Waals surface area contributed by atoms with Gasteiger partial charge in [-0.25, -0.2) is 4.98 Å². The summed E-state index contributed by atoms with van der Waals surface area (Å²) in [5.41, 5.74) is 1.02. The molecule has 0 aliphatic heterocycles. The van der Waals surface area contributed by atoms with Gasteiger partial charge in [0.25, 0.3) is 0 Å². The first-order valence-electron chi connectivity index (χ1n) is 6.05. The molecule has 0 saturated heterocycles. The van der Waals surface area contributed by atoms with Crippen LogP contribution in [0.15, 0.2) is 6.20 Å². The molecule has 17 heavy (non-hydrogen) atoms. The van der Waals surface area contributed by atoms with Gasteiger partial charge in [-0.2, -0.15) is 4.98 Å². The molecule has 0 bridgehead atoms. The first-order chi connectivity index (χ1) is 8.10. The van der Waals surface area contributed by atoms with Crippen LogP contribution in [0.2, 0.25) is 0 Å². The molecule has 0 atom stereocenters. The molecule has 0 aliphatic rings. The molecular formula is C12H22N4O. The second-order valence-electron chi connectivity index (χ2n) is 4.24. The second kappa shape index (κ2) is 6.39. The molecule has 1 aromatic heterocycles. The summed E-state index contributed by atoms with van der Waals surface area (Å²) in [6, 6.07) is 0.297. The molecule has 0 radical (unpaired) electrons. The van der Waals surface area contributed by atoms with E-state index in [0.717, 1.165) is 17.9 Å². The van der Waals surface area contributed by atoms with Gasteiger partial charge in [0.1, 0.15) is 5.82 Å². The number of hydrogen-bond acceptors (Lipinski definition) is 5. The van der Waals surface area contributed by atoms with Gasteiger partial charge in [-0.15, -0.1) is 0 Å². The third-order valence-electron chi connectivity index (χ3n) is 2.52. The third kappa shape index (κ3) is 3.56. The molecular weight excluding hydrogens is 216 g/mol. The van der Waals surface area contributed by atoms with Crippen molar-refractivity contribution in [3.63, 3.8) is 0 Å². The number of aromatic nitrogens is 2. The van der Waals surface area contributed by atoms with Gasteiger partial charge in [0.2, 0.25) is 5.95 Å². The summed E-state index contributed by atoms with van der Waals surface area (Å²) in [6.45, 7) is 9.67. The zero-order chi connectivity index (χ0) is 12.8. The fourth-order valence-corrected chi connectivity index (χ4v) is 1.68. The average molecular weight is 238 g/mol. The van der Waals surface area contributed by atoms with Crippen LogP contribution in [0.1, 0.15) is 26.3 Å². The molecule has 0 aromatic carbocycles. The fourth-order valence-electron chi connectivity index (χ4n) is 1.68. The van der Waals surface area contributed by atoms with E-state index < -0.39 is 0 Å². The van der Waals surface area contributed by atoms with Crippen molar-refractivity contribution in [1.29, 1.82) is 0 Å². The Bertz CT molecular complexity index is 354. The van der Waals surface area contributed by atoms with Gasteiger partial charge < -0.3 is 15.3 Å². The van der Waals surface area contributed by atoms with Gasteiger partial charge >= 0.3 is 0 Å². The van der Waals surface area contributed by atoms with Crippen molar-refractivity contribution in [3.05, 3.63) is 11.8 Å². The predicted molar refractivity (Wildman–Crippen MR) is 70.5 cm³/mol. The lowest BCUT2D eigenvalue weighted by molar-refractivity contribution is 0.298. The average Bonchev–Trinajstić information content (AvgIpc) is 2.29. The maximum absolute atomic E-state index is 9.11. The SMILES string of the molecule is CCNc1ncc(C)c(N(CCO)C(C)C)n1. The highest BCUT2D eigenvalue weighted by Gasteiger charge is 2.14. The molecule has 0 fully saturated rings. The Labute approximate surface area is 103 Å². The minimum Gasteiger partial charge on any atom is -0.395 e. The summed E-state index contributed by atoms with van der Waals surface area (Å²) in [7, 11) is 0. The standard InChI is InChI=1S/C12H22N4O/c1-5-13-12-14-8-10(4)11(15-12)16(6-7-17)9(2)3/h8-9,17H,5-7H2,1-4H3,(H,13,14,15). The van der Waals surface area contributed by atoms with E-state index in [9.17, 15) is 0 Å². The Balaban J connectivity index is 3.03. The number of nitrogens with zero attached hydrogens (tertiary/aromatic N) is 3. The zero-order valence-corrected chi connectivity index (χ0v) is 11.1. The molecule has 1 aromatic rings. The summed E-state index contributed by atoms with van der Waals surface area (Å²) in [5.74, 6) is 1.52. The van der Waals surface area contributed by atoms with Crippen molar-refractivity contribution in [2.24, 2.45) is 0 Å². The van der Waals surface area contributed by atoms with Crippen molar-refractivity contribution < 1.29 is 5.11 Å². The van der Waals surface area contributed by atoms with Crippen molar-refractivity contribution >= 4 is 11.8 Å². The number of aliphatic hydroxyl groups is 1. The van der Waals surface area contributed by atoms with E-state index in [1.54, 1.807) is 0 Å². The van der Waals surface area contributed by atoms with Crippen molar-refractivity contribution in [2.45, 2.75) is 33.7 Å². The van der Waals surface area contributed by atoms with Gasteiger partial charge in [-0.1, -0.05) is 0 Å². The molecule has 5 heteroatoms. The maximum Gasteiger partial charge on any atom is 0.224 e. The number of rotatable bonds is 6. The largest absolute Gasteiger partial charge is 0.395 e. The fraction of sp³-hybridized carbons (Fsp3) is 0.667. The van der Waals surface area contributed by atoms with E-state index in [1.165, 1.54) is 0 Å². The van der Waals surface area contributed by atoms with Gasteiger partial charge in [-0.05, 0) is 27.7 Å². The van der Waals surface area contributed by atoms with Gasteiger partial charge in [0, 0.05) is 30.9 Å². The van der Waals surface area contributed by atoms with Crippen LogP contribution in [0.3, 0.4) is 0 Å². The Morgan fingerprint density at radius 1 is 1.47 bits per heavy atom. The minimum absolute atomic E-state index is 0.123. The molecule has 96 valence electrons. The van der Waals surface area contributed by atoms with Crippen molar-refractivity contribution in [2.75, 3.05) is 29.9 Å². The Morgan fingerprint density at radius 3 is 2.71 bits per heavy atom. The first kappa shape index (κ1) is 13.7. The monoisotopic (exact) mass is 238 g/mol. The van der Waals surface area contributed by atoms with E-state index >= 15 is 0 Å². The number of hydrogen-bond donors (Lipinski definition) is 2. The van der Waals surface area contributed by atoms with Gasteiger partial charge in [0.15, 0.2) is 0 Å². The minimum atomic E-state index is 0.123. The third-order valence-corrected chi connectivity index (χ3v) is 2.52. The van der Waals surface area contributed by atoms with Crippen molar-refractivity contribution in [1.82, 2.24) is 9.97 Å². The van der Waals surface area contributed by atoms with Crippen LogP contribution < -0.4 is 10.2 Å². The van der Waals surface area contributed by atoms with E-state index in [2.05, 4.69) is 34.0 Å². The normalized spacial score (nSPS) is 10.7. The van der Waals surface area contributed by atoms with Crippen LogP contribution in [0.5, 0.6) is 0 Å². The van der Waals surface area contributed by atoms with E-state index in [0.29, 0.717) is 18.5 Å². The van der Waals surface area contributed by atoms with E-state index in [1.807, 2.05) is 20.0 Å². The quantitative estimate of drug-likeness (QED) is 0.785. The summed E-state index contributed by atoms with van der Waals surface area (Å²) < 4.78 is 0. The van der Waals surface area contributed by atoms with Crippen LogP contribution in [-0.4, -0.2) is 40.8 Å². The summed E-state index contributed by atoms with van der Waals surface area (Å²) >= 11 is 0. The first-order valence-corrected chi connectivity index (χ1v) is 6.05. The molecule has 0 spiro atoms. The zero-order valence-electron chi connectivity index (χ0n) is 11.1. The van der Waals surface area contributed by atoms with Crippen LogP contribution in [-0.2, 0) is 0 Å². The topological polar surface area (TPSA) is 61.3 Å². The second-order valence-corrected chi connectivity index (χ2v) is 4.24. The number of aryl methyl sites for hydroxylation is 1. The number of aliphatic hydroxyl groups excluding tert-OH is 1. The van der Waals surface area contributed by atoms with Crippen LogP contribution in [0, 0.1) is 6.92 Å². The van der Waals surface area contributed by atoms with Crippen molar-refractivity contribution in [3.8, 4) is 0 Å². The predicted octanol–water partition coefficient (Wildman–Crippen LogP) is 1.42. The Hall–Kier alpha value is -1.36. The summed E-state index contributed by atoms with van der Waals surface area (Å²) in [4.78, 5) is 10.8. The number of nitrogens with one attached hydrogen (secondary N) is 1. The van der Waals surface area contributed by atoms with Crippen LogP contribution in [0.4, 0.5) is 11.8 Å². The molecule has 5 nitrogen and oxygen atoms in total. The maximum atomic E-state index is 9.11. The van der Waals surface area contributed by atoms with Crippen LogP contribution >= 0.6 is 0 Å². The molecule has 0 saturated carbocycles. The Kier molecular flexibility index (Phi) is 5.15. The molecule has 1 heterocycles. The lowest BCUT2D eigenvalue weighted by atomic mass is 10.2. The Morgan fingerprint density at radius 2 is 2.18 bits per heavy atom.